The summed E-state index contributed by atoms with van der Waals surface area (Å²) in [6.45, 7) is 0.563. The highest BCUT2D eigenvalue weighted by Crippen LogP contribution is 2.56. The van der Waals surface area contributed by atoms with Gasteiger partial charge in [0.1, 0.15) is 0 Å². The highest BCUT2D eigenvalue weighted by molar-refractivity contribution is 5.79. The van der Waals surface area contributed by atoms with Crippen LogP contribution in [0.2, 0.25) is 0 Å². The van der Waals surface area contributed by atoms with Crippen LogP contribution in [0.1, 0.15) is 77.0 Å². The van der Waals surface area contributed by atoms with E-state index in [0.717, 1.165) is 35.5 Å². The topological polar surface area (TPSA) is 41.1 Å². The largest absolute Gasteiger partial charge is 0.350 e. The number of carbonyl (C=O) groups is 1. The van der Waals surface area contributed by atoms with E-state index < -0.39 is 0 Å². The van der Waals surface area contributed by atoms with Crippen molar-refractivity contribution in [3.8, 4) is 0 Å². The Labute approximate surface area is 152 Å². The van der Waals surface area contributed by atoms with Crippen molar-refractivity contribution in [2.24, 2.45) is 35.5 Å². The fraction of sp³-hybridized carbons (Fsp3) is 0.955. The molecule has 0 aliphatic heterocycles. The van der Waals surface area contributed by atoms with Gasteiger partial charge in [-0.2, -0.15) is 0 Å². The van der Waals surface area contributed by atoms with Crippen molar-refractivity contribution in [2.75, 3.05) is 6.54 Å². The molecule has 0 spiro atoms. The van der Waals surface area contributed by atoms with Gasteiger partial charge >= 0.3 is 0 Å². The molecule has 0 radical (unpaired) electrons. The molecular formula is C22H34N2O. The Kier molecular flexibility index (Phi) is 3.25. The smallest absolute Gasteiger partial charge is 0.234 e. The summed E-state index contributed by atoms with van der Waals surface area (Å²) in [5.74, 6) is 5.85. The number of hydrogen-bond acceptors (Lipinski definition) is 2. The van der Waals surface area contributed by atoms with Gasteiger partial charge in [-0.3, -0.25) is 4.79 Å². The Morgan fingerprint density at radius 1 is 0.640 bits per heavy atom. The van der Waals surface area contributed by atoms with Gasteiger partial charge in [-0.25, -0.2) is 0 Å². The molecule has 8 bridgehead atoms. The predicted molar refractivity (Wildman–Crippen MR) is 98.0 cm³/mol. The molecule has 0 aromatic heterocycles. The molecule has 3 heteroatoms. The summed E-state index contributed by atoms with van der Waals surface area (Å²) in [5.41, 5.74) is 0.489. The van der Waals surface area contributed by atoms with Crippen LogP contribution < -0.4 is 10.6 Å². The van der Waals surface area contributed by atoms with E-state index >= 15 is 0 Å². The summed E-state index contributed by atoms with van der Waals surface area (Å²) in [6.07, 6.45) is 16.6. The third kappa shape index (κ3) is 2.59. The maximum Gasteiger partial charge on any atom is 0.234 e. The molecule has 2 N–H and O–H groups in total. The highest BCUT2D eigenvalue weighted by Gasteiger charge is 2.53. The SMILES string of the molecule is O=C(CNC12CC3CC(CC(C3)C1)C2)NC12CC3CC(CC(C3)C1)C2. The molecule has 138 valence electrons. The molecule has 0 atom stereocenters. The number of carbonyl (C=O) groups excluding carboxylic acids is 1. The van der Waals surface area contributed by atoms with Crippen LogP contribution in [0.25, 0.3) is 0 Å². The van der Waals surface area contributed by atoms with Crippen molar-refractivity contribution in [1.29, 1.82) is 0 Å². The Morgan fingerprint density at radius 2 is 1.00 bits per heavy atom. The number of hydrogen-bond donors (Lipinski definition) is 2. The standard InChI is InChI=1S/C22H34N2O/c25-20(24-22-10-17-4-18(11-22)6-19(5-17)12-22)13-23-21-7-14-1-15(8-21)3-16(2-14)9-21/h14-19,23H,1-13H2,(H,24,25). The lowest BCUT2D eigenvalue weighted by atomic mass is 9.53. The van der Waals surface area contributed by atoms with Gasteiger partial charge in [-0.1, -0.05) is 0 Å². The van der Waals surface area contributed by atoms with E-state index in [-0.39, 0.29) is 11.4 Å². The molecular weight excluding hydrogens is 308 g/mol. The van der Waals surface area contributed by atoms with Gasteiger partial charge in [0, 0.05) is 11.1 Å². The van der Waals surface area contributed by atoms with Crippen molar-refractivity contribution in [3.63, 3.8) is 0 Å². The second-order valence-electron chi connectivity index (χ2n) is 11.3. The van der Waals surface area contributed by atoms with Gasteiger partial charge in [0.2, 0.25) is 5.91 Å². The first kappa shape index (κ1) is 15.5. The minimum absolute atomic E-state index is 0.176. The van der Waals surface area contributed by atoms with Crippen molar-refractivity contribution < 1.29 is 4.79 Å². The van der Waals surface area contributed by atoms with Crippen LogP contribution >= 0.6 is 0 Å². The van der Waals surface area contributed by atoms with Crippen LogP contribution in [0.5, 0.6) is 0 Å². The normalized spacial score (nSPS) is 54.9. The van der Waals surface area contributed by atoms with Crippen molar-refractivity contribution in [1.82, 2.24) is 10.6 Å². The lowest BCUT2D eigenvalue weighted by Gasteiger charge is -2.58. The first-order chi connectivity index (χ1) is 12.1. The zero-order chi connectivity index (χ0) is 16.6. The molecule has 0 heterocycles. The van der Waals surface area contributed by atoms with Crippen LogP contribution in [0.4, 0.5) is 0 Å². The maximum atomic E-state index is 12.8. The molecule has 0 aromatic rings. The molecule has 25 heavy (non-hydrogen) atoms. The van der Waals surface area contributed by atoms with E-state index in [2.05, 4.69) is 10.6 Å². The molecule has 8 aliphatic carbocycles. The Bertz CT molecular complexity index is 512. The Balaban J connectivity index is 1.10. The van der Waals surface area contributed by atoms with Gasteiger partial charge < -0.3 is 10.6 Å². The molecule has 0 unspecified atom stereocenters. The maximum absolute atomic E-state index is 12.8. The summed E-state index contributed by atoms with van der Waals surface area (Å²) >= 11 is 0. The minimum Gasteiger partial charge on any atom is -0.350 e. The Morgan fingerprint density at radius 3 is 1.40 bits per heavy atom. The minimum atomic E-state index is 0.176. The highest BCUT2D eigenvalue weighted by atomic mass is 16.2. The molecule has 8 aliphatic rings. The van der Waals surface area contributed by atoms with Crippen LogP contribution in [0.15, 0.2) is 0 Å². The van der Waals surface area contributed by atoms with Crippen LogP contribution in [-0.4, -0.2) is 23.5 Å². The molecule has 8 fully saturated rings. The monoisotopic (exact) mass is 342 g/mol. The van der Waals surface area contributed by atoms with E-state index in [1.165, 1.54) is 77.0 Å². The third-order valence-electron chi connectivity index (χ3n) is 9.11. The number of amides is 1. The summed E-state index contributed by atoms with van der Waals surface area (Å²) in [5, 5.41) is 7.35. The molecule has 1 amide bonds. The molecule has 8 saturated carbocycles. The molecule has 8 rings (SSSR count). The zero-order valence-corrected chi connectivity index (χ0v) is 15.6. The van der Waals surface area contributed by atoms with Crippen LogP contribution in [0.3, 0.4) is 0 Å². The lowest BCUT2D eigenvalue weighted by Crippen LogP contribution is -2.63. The van der Waals surface area contributed by atoms with Crippen molar-refractivity contribution in [3.05, 3.63) is 0 Å². The van der Waals surface area contributed by atoms with E-state index in [9.17, 15) is 4.79 Å². The summed E-state index contributed by atoms with van der Waals surface area (Å²) < 4.78 is 0. The van der Waals surface area contributed by atoms with E-state index in [1.54, 1.807) is 0 Å². The van der Waals surface area contributed by atoms with Crippen molar-refractivity contribution in [2.45, 2.75) is 88.1 Å². The lowest BCUT2D eigenvalue weighted by molar-refractivity contribution is -0.127. The van der Waals surface area contributed by atoms with Gasteiger partial charge in [0.25, 0.3) is 0 Å². The van der Waals surface area contributed by atoms with Gasteiger partial charge in [0.15, 0.2) is 0 Å². The summed E-state index contributed by atoms with van der Waals surface area (Å²) in [6, 6.07) is 0. The fourth-order valence-corrected chi connectivity index (χ4v) is 9.20. The quantitative estimate of drug-likeness (QED) is 0.819. The average molecular weight is 343 g/mol. The third-order valence-corrected chi connectivity index (χ3v) is 9.11. The summed E-state index contributed by atoms with van der Waals surface area (Å²) in [4.78, 5) is 12.8. The number of rotatable bonds is 4. The molecule has 0 saturated heterocycles. The van der Waals surface area contributed by atoms with Gasteiger partial charge in [0.05, 0.1) is 6.54 Å². The first-order valence-corrected chi connectivity index (χ1v) is 11.1. The zero-order valence-electron chi connectivity index (χ0n) is 15.6. The second-order valence-corrected chi connectivity index (χ2v) is 11.3. The van der Waals surface area contributed by atoms with Gasteiger partial charge in [-0.15, -0.1) is 0 Å². The summed E-state index contributed by atoms with van der Waals surface area (Å²) in [7, 11) is 0. The van der Waals surface area contributed by atoms with Crippen LogP contribution in [0, 0.1) is 35.5 Å². The molecule has 3 nitrogen and oxygen atoms in total. The predicted octanol–water partition coefficient (Wildman–Crippen LogP) is 3.63. The van der Waals surface area contributed by atoms with Crippen LogP contribution in [-0.2, 0) is 4.79 Å². The second kappa shape index (κ2) is 5.24. The van der Waals surface area contributed by atoms with E-state index in [0.29, 0.717) is 12.1 Å². The number of nitrogens with one attached hydrogen (secondary N) is 2. The van der Waals surface area contributed by atoms with E-state index in [1.807, 2.05) is 0 Å². The average Bonchev–Trinajstić information content (AvgIpc) is 2.50. The fourth-order valence-electron chi connectivity index (χ4n) is 9.20. The molecule has 0 aromatic carbocycles. The van der Waals surface area contributed by atoms with Crippen molar-refractivity contribution >= 4 is 5.91 Å². The first-order valence-electron chi connectivity index (χ1n) is 11.1. The van der Waals surface area contributed by atoms with Gasteiger partial charge in [-0.05, 0) is 113 Å². The Hall–Kier alpha value is -0.570. The van der Waals surface area contributed by atoms with E-state index in [4.69, 9.17) is 0 Å².